The molecule has 3 aromatic rings. The molecule has 0 unspecified atom stereocenters. The molecule has 0 aliphatic carbocycles. The van der Waals surface area contributed by atoms with Gasteiger partial charge in [0, 0.05) is 14.2 Å². The molecule has 3 aromatic carbocycles. The standard InChI is InChI=1S/C13H11.C8H9.3C2H6.2CH4O.10Rb.2H/c1-3-7-12(8-4-1)11-13-9-5-2-6-10-13;1-2-8-6-4-3-5-7-8;5*1-2;;;;;;;;;;;;/h1-11H;2-7H,1H3;3*1-2H3;2*2H,1H3;;;;;;;;;;;;/q2*-1;;;;;;;;;;6*+1;2*-1. The second kappa shape index (κ2) is 95.6. The van der Waals surface area contributed by atoms with Gasteiger partial charge >= 0.3 is 485 Å². The van der Waals surface area contributed by atoms with Gasteiger partial charge in [0.25, 0.3) is 0 Å². The number of hydrogen-bond acceptors (Lipinski definition) is 2. The second-order valence-corrected chi connectivity index (χ2v) is 4.67. The van der Waals surface area contributed by atoms with E-state index in [0.29, 0.717) is 0 Å². The first-order chi connectivity index (χ1) is 17.4. The van der Waals surface area contributed by atoms with Gasteiger partial charge in [-0.1, -0.05) is 90.9 Å². The van der Waals surface area contributed by atoms with E-state index in [-0.39, 0.29) is 352 Å². The minimum Gasteiger partial charge on any atom is -0.126 e. The van der Waals surface area contributed by atoms with E-state index in [0.717, 1.165) is 150 Å². The Morgan fingerprint density at radius 1 is 0.415 bits per heavy atom. The van der Waals surface area contributed by atoms with E-state index in [1.54, 1.807) is 0 Å². The predicted octanol–water partition coefficient (Wildman–Crippen LogP) is -11.4. The fourth-order valence-electron chi connectivity index (χ4n) is 1.94. The van der Waals surface area contributed by atoms with Crippen molar-refractivity contribution < 1.29 is 362 Å². The number of hydrogen-bond donors (Lipinski definition) is 2. The molecule has 0 amide bonds. The Morgan fingerprint density at radius 2 is 0.585 bits per heavy atom. The molecule has 184 valence electrons. The maximum atomic E-state index is 7.00. The summed E-state index contributed by atoms with van der Waals surface area (Å²) in [5.41, 5.74) is 3.77. The number of aliphatic hydroxyl groups is 2. The third kappa shape index (κ3) is 76.6. The van der Waals surface area contributed by atoms with E-state index < -0.39 is 0 Å². The molecule has 2 nitrogen and oxygen atoms in total. The summed E-state index contributed by atoms with van der Waals surface area (Å²) in [5, 5.41) is 14.0. The molecular formula is C29H48O2Rb10+2. The van der Waals surface area contributed by atoms with Gasteiger partial charge < -0.3 is 13.1 Å². The van der Waals surface area contributed by atoms with Gasteiger partial charge in [0.1, 0.15) is 0 Å². The van der Waals surface area contributed by atoms with Crippen molar-refractivity contribution in [2.75, 3.05) is 14.2 Å². The van der Waals surface area contributed by atoms with Crippen molar-refractivity contribution in [3.63, 3.8) is 0 Å². The molecule has 0 heterocycles. The fourth-order valence-corrected chi connectivity index (χ4v) is 1.94. The first-order valence-corrected chi connectivity index (χ1v) is 81.1. The molecule has 0 saturated heterocycles. The Hall–Kier alpha value is 15.4. The maximum absolute atomic E-state index is 7.00. The minimum absolute atomic E-state index is 0. The van der Waals surface area contributed by atoms with Gasteiger partial charge in [-0.05, 0) is 0 Å². The number of aliphatic hydroxyl groups excluding tert-OH is 2. The monoisotopic (exact) mass is 1280 g/mol. The summed E-state index contributed by atoms with van der Waals surface area (Å²) >= 11 is 4.64. The zero-order valence-corrected chi connectivity index (χ0v) is 80.4. The molecule has 12 heteroatoms. The van der Waals surface area contributed by atoms with Gasteiger partial charge in [-0.2, -0.15) is 24.1 Å². The second-order valence-electron chi connectivity index (χ2n) is 4.67. The molecule has 0 radical (unpaired) electrons. The molecule has 0 aromatic heterocycles. The molecule has 0 atom stereocenters. The molecule has 0 aliphatic heterocycles. The van der Waals surface area contributed by atoms with Gasteiger partial charge in [0.15, 0.2) is 0 Å². The Morgan fingerprint density at radius 3 is 0.732 bits per heavy atom. The van der Waals surface area contributed by atoms with Crippen LogP contribution in [-0.4, -0.2) is 160 Å². The maximum Gasteiger partial charge on any atom is -0.0771 e. The van der Waals surface area contributed by atoms with E-state index >= 15 is 0 Å². The average Bonchev–Trinajstić information content (AvgIpc) is 3.02. The fraction of sp³-hybridized carbons (Fsp3) is 0.310. The van der Waals surface area contributed by atoms with E-state index in [1.807, 2.05) is 78.8 Å². The molecule has 3 rings (SSSR count). The third-order valence-electron chi connectivity index (χ3n) is 3.07. The predicted molar refractivity (Wildman–Crippen MR) is 166 cm³/mol. The zero-order valence-electron chi connectivity index (χ0n) is 33.2. The molecule has 0 saturated carbocycles. The van der Waals surface area contributed by atoms with E-state index in [1.165, 1.54) is 16.7 Å². The van der Waals surface area contributed by atoms with Crippen LogP contribution in [0.25, 0.3) is 0 Å². The molecule has 0 spiro atoms. The van der Waals surface area contributed by atoms with Crippen molar-refractivity contribution in [3.8, 4) is 0 Å². The van der Waals surface area contributed by atoms with Crippen LogP contribution in [-0.2, 0) is 0 Å². The van der Waals surface area contributed by atoms with Crippen LogP contribution in [0.2, 0.25) is 0 Å². The largest absolute Gasteiger partial charge is 0.126 e. The third-order valence-corrected chi connectivity index (χ3v) is 3.07. The molecule has 0 bridgehead atoms. The summed E-state index contributed by atoms with van der Waals surface area (Å²) in [6, 6.07) is 30.9. The average molecular weight is 1280 g/mol. The van der Waals surface area contributed by atoms with Gasteiger partial charge in [-0.3, -0.25) is 0 Å². The van der Waals surface area contributed by atoms with Crippen molar-refractivity contribution >= 4 is 135 Å². The Bertz CT molecular complexity index is 615. The van der Waals surface area contributed by atoms with Gasteiger partial charge in [-0.25, -0.2) is 0 Å². The van der Waals surface area contributed by atoms with Crippen LogP contribution in [0, 0.1) is 12.8 Å². The molecule has 0 aliphatic rings. The SMILES string of the molecule is CC.CC.CC.CO.CO.C[CH-]c1ccccc1.[H-].[H-].[Rb+].[Rb+].[Rb+].[Rb+].[Rb+].[Rb+].[Rb][Rb].[Rb][Rb].c1ccc([CH-]c2ccccc2)cc1. The number of benzene rings is 3. The summed E-state index contributed by atoms with van der Waals surface area (Å²) < 4.78 is 0. The van der Waals surface area contributed by atoms with Crippen LogP contribution < -0.4 is 349 Å². The molecule has 0 fully saturated rings. The molecule has 2 N–H and O–H groups in total. The first kappa shape index (κ1) is 87.8. The summed E-state index contributed by atoms with van der Waals surface area (Å²) in [6.07, 6.45) is 4.25. The summed E-state index contributed by atoms with van der Waals surface area (Å²) in [5.74, 6) is 0. The van der Waals surface area contributed by atoms with Crippen molar-refractivity contribution in [1.29, 1.82) is 0 Å². The van der Waals surface area contributed by atoms with Crippen LogP contribution in [0.15, 0.2) is 91.0 Å². The summed E-state index contributed by atoms with van der Waals surface area (Å²) in [6.45, 7) is 14.0. The Labute approximate surface area is 652 Å². The summed E-state index contributed by atoms with van der Waals surface area (Å²) in [7, 11) is 2.00. The summed E-state index contributed by atoms with van der Waals surface area (Å²) in [4.78, 5) is 0. The molecular weight excluding hydrogens is 1230 g/mol. The van der Waals surface area contributed by atoms with Crippen molar-refractivity contribution in [2.45, 2.75) is 48.5 Å². The smallest absolute Gasteiger partial charge is 0.0771 e. The van der Waals surface area contributed by atoms with Crippen LogP contribution in [0.5, 0.6) is 0 Å². The van der Waals surface area contributed by atoms with Gasteiger partial charge in [-0.15, -0.1) is 53.9 Å². The van der Waals surface area contributed by atoms with Crippen LogP contribution >= 0.6 is 0 Å². The topological polar surface area (TPSA) is 40.5 Å². The van der Waals surface area contributed by atoms with Gasteiger partial charge in [0.05, 0.1) is 0 Å². The van der Waals surface area contributed by atoms with Crippen LogP contribution in [0.4, 0.5) is 0 Å². The van der Waals surface area contributed by atoms with Crippen molar-refractivity contribution in [1.82, 2.24) is 0 Å². The quantitative estimate of drug-likeness (QED) is 0.257. The van der Waals surface area contributed by atoms with Crippen molar-refractivity contribution in [3.05, 3.63) is 121 Å². The van der Waals surface area contributed by atoms with E-state index in [9.17, 15) is 0 Å². The Kier molecular flexibility index (Phi) is 205. The van der Waals surface area contributed by atoms with E-state index in [2.05, 4.69) is 73.5 Å². The van der Waals surface area contributed by atoms with Crippen LogP contribution in [0.3, 0.4) is 0 Å². The Balaban J connectivity index is -0.0000000209. The normalized spacial score (nSPS) is 5.83. The van der Waals surface area contributed by atoms with Crippen LogP contribution in [0.1, 0.15) is 68.0 Å². The molecule has 41 heavy (non-hydrogen) atoms. The first-order valence-electron chi connectivity index (χ1n) is 13.1. The van der Waals surface area contributed by atoms with Gasteiger partial charge in [0.2, 0.25) is 0 Å². The van der Waals surface area contributed by atoms with E-state index in [4.69, 9.17) is 10.2 Å². The zero-order chi connectivity index (χ0) is 28.8. The van der Waals surface area contributed by atoms with Crippen molar-refractivity contribution in [2.24, 2.45) is 0 Å². The number of rotatable bonds is 3. The minimum atomic E-state index is 0.